The summed E-state index contributed by atoms with van der Waals surface area (Å²) in [6.07, 6.45) is 1.93. The normalized spacial score (nSPS) is 11.6. The highest BCUT2D eigenvalue weighted by atomic mass is 32.1. The second-order valence-corrected chi connectivity index (χ2v) is 3.68. The van der Waals surface area contributed by atoms with E-state index < -0.39 is 0 Å². The maximum absolute atomic E-state index is 4.29. The molecule has 12 heavy (non-hydrogen) atoms. The molecule has 0 aliphatic carbocycles. The van der Waals surface area contributed by atoms with Crippen LogP contribution in [0.25, 0.3) is 0 Å². The quantitative estimate of drug-likeness (QED) is 0.647. The third kappa shape index (κ3) is 3.64. The zero-order valence-corrected chi connectivity index (χ0v) is 8.34. The van der Waals surface area contributed by atoms with Crippen LogP contribution in [-0.2, 0) is 0 Å². The van der Waals surface area contributed by atoms with Crippen LogP contribution in [0.15, 0.2) is 21.8 Å². The molecular formula is C9H14N2S. The lowest BCUT2D eigenvalue weighted by atomic mass is 10.4. The topological polar surface area (TPSA) is 15.6 Å². The molecule has 0 bridgehead atoms. The molecule has 1 rings (SSSR count). The lowest BCUT2D eigenvalue weighted by molar-refractivity contribution is 0.421. The van der Waals surface area contributed by atoms with E-state index in [2.05, 4.69) is 40.8 Å². The van der Waals surface area contributed by atoms with Gasteiger partial charge in [-0.05, 0) is 30.9 Å². The first-order valence-corrected chi connectivity index (χ1v) is 4.90. The summed E-state index contributed by atoms with van der Waals surface area (Å²) < 4.78 is 0. The maximum atomic E-state index is 4.29. The van der Waals surface area contributed by atoms with Crippen LogP contribution in [0.3, 0.4) is 0 Å². The van der Waals surface area contributed by atoms with Crippen molar-refractivity contribution in [3.05, 3.63) is 22.4 Å². The van der Waals surface area contributed by atoms with Crippen molar-refractivity contribution in [2.75, 3.05) is 27.2 Å². The third-order valence-electron chi connectivity index (χ3n) is 1.46. The van der Waals surface area contributed by atoms with Crippen molar-refractivity contribution in [3.63, 3.8) is 0 Å². The molecule has 2 nitrogen and oxygen atoms in total. The lowest BCUT2D eigenvalue weighted by Crippen LogP contribution is -2.15. The fraction of sp³-hybridized carbons (Fsp3) is 0.444. The summed E-state index contributed by atoms with van der Waals surface area (Å²) in [6.45, 7) is 1.89. The Balaban J connectivity index is 2.23. The molecular weight excluding hydrogens is 168 g/mol. The summed E-state index contributed by atoms with van der Waals surface area (Å²) in [4.78, 5) is 6.42. The molecule has 66 valence electrons. The molecule has 0 radical (unpaired) electrons. The highest BCUT2D eigenvalue weighted by molar-refractivity contribution is 7.08. The molecule has 0 atom stereocenters. The zero-order chi connectivity index (χ0) is 8.81. The summed E-state index contributed by atoms with van der Waals surface area (Å²) in [5, 5.41) is 4.16. The predicted octanol–water partition coefficient (Wildman–Crippen LogP) is 1.73. The average molecular weight is 182 g/mol. The number of likely N-dealkylation sites (N-methyl/N-ethyl adjacent to an activating group) is 1. The molecule has 3 heteroatoms. The summed E-state index contributed by atoms with van der Waals surface area (Å²) in [7, 11) is 4.11. The number of aliphatic imine (C=N–C) groups is 1. The van der Waals surface area contributed by atoms with Gasteiger partial charge in [0, 0.05) is 18.3 Å². The van der Waals surface area contributed by atoms with E-state index in [1.807, 2.05) is 6.21 Å². The Morgan fingerprint density at radius 1 is 1.58 bits per heavy atom. The van der Waals surface area contributed by atoms with E-state index in [0.717, 1.165) is 13.1 Å². The van der Waals surface area contributed by atoms with Crippen molar-refractivity contribution < 1.29 is 0 Å². The van der Waals surface area contributed by atoms with Crippen LogP contribution in [0.2, 0.25) is 0 Å². The van der Waals surface area contributed by atoms with Gasteiger partial charge in [-0.2, -0.15) is 11.3 Å². The van der Waals surface area contributed by atoms with Crippen LogP contribution in [-0.4, -0.2) is 38.3 Å². The number of thiophene rings is 1. The Morgan fingerprint density at radius 2 is 2.42 bits per heavy atom. The molecule has 0 fully saturated rings. The van der Waals surface area contributed by atoms with Crippen molar-refractivity contribution in [1.82, 2.24) is 4.90 Å². The van der Waals surface area contributed by atoms with Gasteiger partial charge in [-0.15, -0.1) is 0 Å². The van der Waals surface area contributed by atoms with Gasteiger partial charge in [-0.3, -0.25) is 4.99 Å². The molecule has 0 aromatic carbocycles. The highest BCUT2D eigenvalue weighted by Crippen LogP contribution is 2.02. The lowest BCUT2D eigenvalue weighted by Gasteiger charge is -2.04. The van der Waals surface area contributed by atoms with Gasteiger partial charge in [-0.25, -0.2) is 0 Å². The van der Waals surface area contributed by atoms with Crippen molar-refractivity contribution >= 4 is 17.6 Å². The minimum absolute atomic E-state index is 0.878. The van der Waals surface area contributed by atoms with Gasteiger partial charge >= 0.3 is 0 Å². The van der Waals surface area contributed by atoms with Gasteiger partial charge < -0.3 is 4.90 Å². The smallest absolute Gasteiger partial charge is 0.0516 e. The molecule has 1 heterocycles. The van der Waals surface area contributed by atoms with Crippen molar-refractivity contribution in [3.8, 4) is 0 Å². The summed E-state index contributed by atoms with van der Waals surface area (Å²) in [5.74, 6) is 0. The zero-order valence-electron chi connectivity index (χ0n) is 7.53. The predicted molar refractivity (Wildman–Crippen MR) is 55.3 cm³/mol. The second-order valence-electron chi connectivity index (χ2n) is 2.90. The van der Waals surface area contributed by atoms with Crippen molar-refractivity contribution in [2.45, 2.75) is 0 Å². The van der Waals surface area contributed by atoms with Gasteiger partial charge in [0.25, 0.3) is 0 Å². The molecule has 0 amide bonds. The van der Waals surface area contributed by atoms with Gasteiger partial charge in [-0.1, -0.05) is 0 Å². The largest absolute Gasteiger partial charge is 0.308 e. The standard InChI is InChI=1S/C9H14N2S/c1-11(2)5-4-10-7-9-3-6-12-8-9/h3,6-8H,4-5H2,1-2H3. The van der Waals surface area contributed by atoms with Crippen LogP contribution in [0.4, 0.5) is 0 Å². The molecule has 0 aliphatic heterocycles. The van der Waals surface area contributed by atoms with E-state index in [9.17, 15) is 0 Å². The van der Waals surface area contributed by atoms with E-state index in [4.69, 9.17) is 0 Å². The van der Waals surface area contributed by atoms with E-state index in [-0.39, 0.29) is 0 Å². The SMILES string of the molecule is CN(C)CCN=Cc1ccsc1. The Hall–Kier alpha value is -0.670. The van der Waals surface area contributed by atoms with Gasteiger partial charge in [0.2, 0.25) is 0 Å². The van der Waals surface area contributed by atoms with Crippen LogP contribution >= 0.6 is 11.3 Å². The first kappa shape index (κ1) is 9.42. The monoisotopic (exact) mass is 182 g/mol. The molecule has 0 unspecified atom stereocenters. The first-order chi connectivity index (χ1) is 5.79. The number of hydrogen-bond donors (Lipinski definition) is 0. The van der Waals surface area contributed by atoms with Gasteiger partial charge in [0.1, 0.15) is 0 Å². The molecule has 1 aromatic rings. The average Bonchev–Trinajstić information content (AvgIpc) is 2.49. The van der Waals surface area contributed by atoms with Crippen LogP contribution in [0.5, 0.6) is 0 Å². The fourth-order valence-electron chi connectivity index (χ4n) is 0.776. The van der Waals surface area contributed by atoms with Gasteiger partial charge in [0.05, 0.1) is 6.54 Å². The van der Waals surface area contributed by atoms with Crippen LogP contribution < -0.4 is 0 Å². The maximum Gasteiger partial charge on any atom is 0.0516 e. The number of rotatable bonds is 4. The van der Waals surface area contributed by atoms with E-state index >= 15 is 0 Å². The molecule has 0 spiro atoms. The summed E-state index contributed by atoms with van der Waals surface area (Å²) >= 11 is 1.70. The number of hydrogen-bond acceptors (Lipinski definition) is 3. The van der Waals surface area contributed by atoms with Crippen LogP contribution in [0.1, 0.15) is 5.56 Å². The molecule has 1 aromatic heterocycles. The first-order valence-electron chi connectivity index (χ1n) is 3.96. The number of nitrogens with zero attached hydrogens (tertiary/aromatic N) is 2. The van der Waals surface area contributed by atoms with Gasteiger partial charge in [0.15, 0.2) is 0 Å². The van der Waals surface area contributed by atoms with Crippen LogP contribution in [0, 0.1) is 0 Å². The molecule has 0 N–H and O–H groups in total. The summed E-state index contributed by atoms with van der Waals surface area (Å²) in [6, 6.07) is 2.07. The molecule has 0 aliphatic rings. The Labute approximate surface area is 77.6 Å². The van der Waals surface area contributed by atoms with E-state index in [1.165, 1.54) is 5.56 Å². The highest BCUT2D eigenvalue weighted by Gasteiger charge is 1.87. The Kier molecular flexibility index (Phi) is 3.97. The molecule has 0 saturated carbocycles. The minimum atomic E-state index is 0.878. The Morgan fingerprint density at radius 3 is 3.00 bits per heavy atom. The second kappa shape index (κ2) is 5.06. The van der Waals surface area contributed by atoms with Crippen molar-refractivity contribution in [2.24, 2.45) is 4.99 Å². The fourth-order valence-corrected chi connectivity index (χ4v) is 1.39. The molecule has 0 saturated heterocycles. The Bertz CT molecular complexity index is 227. The van der Waals surface area contributed by atoms with E-state index in [0.29, 0.717) is 0 Å². The minimum Gasteiger partial charge on any atom is -0.308 e. The summed E-state index contributed by atoms with van der Waals surface area (Å²) in [5.41, 5.74) is 1.21. The van der Waals surface area contributed by atoms with Crippen molar-refractivity contribution in [1.29, 1.82) is 0 Å². The van der Waals surface area contributed by atoms with E-state index in [1.54, 1.807) is 11.3 Å². The third-order valence-corrected chi connectivity index (χ3v) is 2.16.